The first-order chi connectivity index (χ1) is 14.2. The van der Waals surface area contributed by atoms with Crippen molar-refractivity contribution in [2.75, 3.05) is 18.5 Å². The average molecular weight is 427 g/mol. The Balaban J connectivity index is 1.38. The number of aromatic nitrogens is 1. The van der Waals surface area contributed by atoms with E-state index in [0.717, 1.165) is 21.6 Å². The van der Waals surface area contributed by atoms with Gasteiger partial charge in [-0.05, 0) is 24.3 Å². The van der Waals surface area contributed by atoms with E-state index in [1.807, 2.05) is 24.3 Å². The maximum absolute atomic E-state index is 12.7. The highest BCUT2D eigenvalue weighted by molar-refractivity contribution is 7.21. The Morgan fingerprint density at radius 1 is 1.07 bits per heavy atom. The first-order valence-corrected chi connectivity index (χ1v) is 10.2. The molecule has 1 aliphatic rings. The molecular formula is C21H15ClN2O4S. The van der Waals surface area contributed by atoms with E-state index in [0.29, 0.717) is 41.2 Å². The molecule has 0 radical (unpaired) electrons. The summed E-state index contributed by atoms with van der Waals surface area (Å²) in [5.74, 6) is 1.43. The van der Waals surface area contributed by atoms with E-state index in [2.05, 4.69) is 10.3 Å². The maximum Gasteiger partial charge on any atom is 0.291 e. The summed E-state index contributed by atoms with van der Waals surface area (Å²) in [5.41, 5.74) is 1.33. The monoisotopic (exact) mass is 426 g/mol. The van der Waals surface area contributed by atoms with Crippen molar-refractivity contribution < 1.29 is 18.7 Å². The summed E-state index contributed by atoms with van der Waals surface area (Å²) in [6.45, 7) is 1.11. The quantitative estimate of drug-likeness (QED) is 0.460. The van der Waals surface area contributed by atoms with Crippen LogP contribution in [0.2, 0.25) is 5.02 Å². The zero-order chi connectivity index (χ0) is 19.8. The lowest BCUT2D eigenvalue weighted by Gasteiger charge is -2.11. The minimum atomic E-state index is -0.409. The summed E-state index contributed by atoms with van der Waals surface area (Å²) in [5, 5.41) is 3.85. The Morgan fingerprint density at radius 2 is 1.86 bits per heavy atom. The molecule has 0 saturated heterocycles. The summed E-state index contributed by atoms with van der Waals surface area (Å²) in [7, 11) is 0. The largest absolute Gasteiger partial charge is 0.490 e. The number of hydrogen-bond donors (Lipinski definition) is 1. The van der Waals surface area contributed by atoms with Crippen molar-refractivity contribution in [1.29, 1.82) is 0 Å². The summed E-state index contributed by atoms with van der Waals surface area (Å²) in [4.78, 5) is 17.2. The molecule has 3 heterocycles. The van der Waals surface area contributed by atoms with Gasteiger partial charge in [-0.15, -0.1) is 11.3 Å². The molecule has 146 valence electrons. The van der Waals surface area contributed by atoms with Crippen LogP contribution >= 0.6 is 22.9 Å². The Morgan fingerprint density at radius 3 is 2.69 bits per heavy atom. The van der Waals surface area contributed by atoms with Gasteiger partial charge in [-0.25, -0.2) is 4.98 Å². The molecule has 1 amide bonds. The number of nitrogens with one attached hydrogen (secondary N) is 1. The van der Waals surface area contributed by atoms with Crippen molar-refractivity contribution in [3.05, 3.63) is 59.3 Å². The number of thiazole rings is 1. The van der Waals surface area contributed by atoms with Crippen LogP contribution in [-0.2, 0) is 0 Å². The van der Waals surface area contributed by atoms with Crippen molar-refractivity contribution in [3.63, 3.8) is 0 Å². The number of ether oxygens (including phenoxy) is 2. The standard InChI is InChI=1S/C21H15ClN2O4S/c22-12-10-17-18(27-9-3-8-26-17)11-14(12)23-20(25)15-6-7-16(28-15)21-24-13-4-1-2-5-19(13)29-21/h1-2,4-7,10-11H,3,8-9H2,(H,23,25). The Labute approximate surface area is 175 Å². The highest BCUT2D eigenvalue weighted by Crippen LogP contribution is 2.38. The van der Waals surface area contributed by atoms with Crippen molar-refractivity contribution in [1.82, 2.24) is 4.98 Å². The topological polar surface area (TPSA) is 73.6 Å². The third-order valence-corrected chi connectivity index (χ3v) is 5.78. The highest BCUT2D eigenvalue weighted by atomic mass is 35.5. The van der Waals surface area contributed by atoms with Crippen LogP contribution in [0.15, 0.2) is 52.9 Å². The van der Waals surface area contributed by atoms with Crippen molar-refractivity contribution in [2.45, 2.75) is 6.42 Å². The normalized spacial score (nSPS) is 13.3. The second-order valence-electron chi connectivity index (χ2n) is 6.43. The van der Waals surface area contributed by atoms with Gasteiger partial charge in [-0.3, -0.25) is 4.79 Å². The fourth-order valence-electron chi connectivity index (χ4n) is 3.02. The van der Waals surface area contributed by atoms with Gasteiger partial charge in [-0.2, -0.15) is 0 Å². The maximum atomic E-state index is 12.7. The lowest BCUT2D eigenvalue weighted by atomic mass is 10.2. The molecule has 29 heavy (non-hydrogen) atoms. The van der Waals surface area contributed by atoms with E-state index in [-0.39, 0.29) is 5.76 Å². The van der Waals surface area contributed by atoms with E-state index >= 15 is 0 Å². The number of nitrogens with zero attached hydrogens (tertiary/aromatic N) is 1. The van der Waals surface area contributed by atoms with Crippen LogP contribution in [-0.4, -0.2) is 24.1 Å². The summed E-state index contributed by atoms with van der Waals surface area (Å²) < 4.78 is 18.1. The van der Waals surface area contributed by atoms with E-state index in [4.69, 9.17) is 25.5 Å². The second-order valence-corrected chi connectivity index (χ2v) is 7.87. The lowest BCUT2D eigenvalue weighted by Crippen LogP contribution is -2.11. The number of halogens is 1. The third kappa shape index (κ3) is 3.54. The van der Waals surface area contributed by atoms with Gasteiger partial charge in [0.2, 0.25) is 0 Å². The molecule has 0 unspecified atom stereocenters. The second kappa shape index (κ2) is 7.42. The van der Waals surface area contributed by atoms with E-state index in [1.54, 1.807) is 24.3 Å². The van der Waals surface area contributed by atoms with E-state index in [1.165, 1.54) is 11.3 Å². The number of para-hydroxylation sites is 1. The molecule has 0 fully saturated rings. The molecule has 2 aromatic carbocycles. The third-order valence-electron chi connectivity index (χ3n) is 4.42. The molecule has 0 spiro atoms. The van der Waals surface area contributed by atoms with Crippen molar-refractivity contribution >= 4 is 44.7 Å². The zero-order valence-electron chi connectivity index (χ0n) is 15.1. The number of hydrogen-bond acceptors (Lipinski definition) is 6. The fourth-order valence-corrected chi connectivity index (χ4v) is 4.14. The van der Waals surface area contributed by atoms with Crippen LogP contribution in [0.4, 0.5) is 5.69 Å². The first-order valence-electron chi connectivity index (χ1n) is 9.04. The van der Waals surface area contributed by atoms with Crippen LogP contribution in [0.3, 0.4) is 0 Å². The molecule has 2 aromatic heterocycles. The van der Waals surface area contributed by atoms with Gasteiger partial charge in [0.15, 0.2) is 28.0 Å². The van der Waals surface area contributed by atoms with Crippen LogP contribution in [0.1, 0.15) is 17.0 Å². The smallest absolute Gasteiger partial charge is 0.291 e. The van der Waals surface area contributed by atoms with Gasteiger partial charge in [-0.1, -0.05) is 23.7 Å². The molecule has 5 rings (SSSR count). The summed E-state index contributed by atoms with van der Waals surface area (Å²) in [6, 6.07) is 14.5. The van der Waals surface area contributed by atoms with E-state index in [9.17, 15) is 4.79 Å². The minimum Gasteiger partial charge on any atom is -0.490 e. The first kappa shape index (κ1) is 18.0. The number of fused-ring (bicyclic) bond motifs is 2. The number of benzene rings is 2. The Kier molecular flexibility index (Phi) is 4.61. The van der Waals surface area contributed by atoms with Gasteiger partial charge in [0.1, 0.15) is 0 Å². The van der Waals surface area contributed by atoms with Crippen LogP contribution < -0.4 is 14.8 Å². The van der Waals surface area contributed by atoms with Gasteiger partial charge < -0.3 is 19.2 Å². The number of anilines is 1. The number of carbonyl (C=O) groups is 1. The number of amides is 1. The predicted octanol–water partition coefficient (Wildman–Crippen LogP) is 5.62. The van der Waals surface area contributed by atoms with Gasteiger partial charge in [0, 0.05) is 18.6 Å². The molecule has 0 aliphatic carbocycles. The summed E-state index contributed by atoms with van der Waals surface area (Å²) in [6.07, 6.45) is 0.787. The number of carbonyl (C=O) groups excluding carboxylic acids is 1. The summed E-state index contributed by atoms with van der Waals surface area (Å²) >= 11 is 7.81. The molecule has 0 bridgehead atoms. The zero-order valence-corrected chi connectivity index (χ0v) is 16.7. The Bertz CT molecular complexity index is 1180. The number of furan rings is 1. The number of rotatable bonds is 3. The average Bonchev–Trinajstić information content (AvgIpc) is 3.31. The molecule has 6 nitrogen and oxygen atoms in total. The van der Waals surface area contributed by atoms with Crippen molar-refractivity contribution in [3.8, 4) is 22.3 Å². The van der Waals surface area contributed by atoms with Crippen LogP contribution in [0, 0.1) is 0 Å². The van der Waals surface area contributed by atoms with Crippen LogP contribution in [0.5, 0.6) is 11.5 Å². The van der Waals surface area contributed by atoms with Crippen molar-refractivity contribution in [2.24, 2.45) is 0 Å². The minimum absolute atomic E-state index is 0.169. The molecule has 4 aromatic rings. The SMILES string of the molecule is O=C(Nc1cc2c(cc1Cl)OCCCO2)c1ccc(-c2nc3ccccc3s2)o1. The van der Waals surface area contributed by atoms with Crippen LogP contribution in [0.25, 0.3) is 21.0 Å². The molecule has 1 aliphatic heterocycles. The van der Waals surface area contributed by atoms with E-state index < -0.39 is 5.91 Å². The predicted molar refractivity (Wildman–Crippen MR) is 112 cm³/mol. The molecule has 0 atom stereocenters. The lowest BCUT2D eigenvalue weighted by molar-refractivity contribution is 0.0997. The van der Waals surface area contributed by atoms with Gasteiger partial charge in [0.25, 0.3) is 5.91 Å². The fraction of sp³-hybridized carbons (Fsp3) is 0.143. The molecular weight excluding hydrogens is 412 g/mol. The van der Waals surface area contributed by atoms with Gasteiger partial charge >= 0.3 is 0 Å². The van der Waals surface area contributed by atoms with Gasteiger partial charge in [0.05, 0.1) is 34.1 Å². The molecule has 1 N–H and O–H groups in total. The molecule has 0 saturated carbocycles. The molecule has 8 heteroatoms. The highest BCUT2D eigenvalue weighted by Gasteiger charge is 2.19. The Hall–Kier alpha value is -3.03.